The quantitative estimate of drug-likeness (QED) is 0.0310. The maximum atomic E-state index is 11.7. The molecule has 55 heavy (non-hydrogen) atoms. The summed E-state index contributed by atoms with van der Waals surface area (Å²) in [7, 11) is 12.4. The van der Waals surface area contributed by atoms with Crippen LogP contribution in [-0.2, 0) is 9.47 Å². The van der Waals surface area contributed by atoms with Crippen LogP contribution in [-0.4, -0.2) is 81.9 Å². The number of nitro benzene ring substituents is 1. The third-order valence-corrected chi connectivity index (χ3v) is 8.08. The summed E-state index contributed by atoms with van der Waals surface area (Å²) in [5.74, 6) is 0.208. The third kappa shape index (κ3) is 15.5. The van der Waals surface area contributed by atoms with Crippen molar-refractivity contribution in [3.8, 4) is 23.0 Å². The van der Waals surface area contributed by atoms with E-state index in [-0.39, 0.29) is 48.0 Å². The third-order valence-electron chi connectivity index (χ3n) is 6.77. The van der Waals surface area contributed by atoms with E-state index >= 15 is 0 Å². The molecule has 4 aromatic carbocycles. The molecular formula is C34H36Br2Cl2N4O12Sn. The number of nitrogen functional groups attached to an aromatic ring is 2. The van der Waals surface area contributed by atoms with Crippen LogP contribution in [0, 0.1) is 28.9 Å². The normalized spacial score (nSPS) is 9.82. The van der Waals surface area contributed by atoms with Crippen molar-refractivity contribution in [1.29, 1.82) is 0 Å². The van der Waals surface area contributed by atoms with Gasteiger partial charge >= 0.3 is 54.4 Å². The van der Waals surface area contributed by atoms with E-state index in [1.54, 1.807) is 35.5 Å². The number of rotatable bonds is 14. The first-order chi connectivity index (χ1) is 25.7. The van der Waals surface area contributed by atoms with Gasteiger partial charge in [0.2, 0.25) is 0 Å². The average Bonchev–Trinajstić information content (AvgIpc) is 3.14. The van der Waals surface area contributed by atoms with Crippen LogP contribution in [0.2, 0.25) is 0 Å². The fourth-order valence-electron chi connectivity index (χ4n) is 4.24. The molecule has 4 rings (SSSR count). The molecule has 0 fully saturated rings. The van der Waals surface area contributed by atoms with Crippen molar-refractivity contribution in [2.75, 3.05) is 52.1 Å². The molecule has 0 unspecified atom stereocenters. The Morgan fingerprint density at radius 1 is 0.727 bits per heavy atom. The summed E-state index contributed by atoms with van der Waals surface area (Å²) in [5, 5.41) is 13.0. The first-order valence-electron chi connectivity index (χ1n) is 15.3. The van der Waals surface area contributed by atoms with Crippen molar-refractivity contribution in [2.45, 2.75) is 13.8 Å². The van der Waals surface area contributed by atoms with Gasteiger partial charge in [0.15, 0.2) is 11.5 Å². The van der Waals surface area contributed by atoms with Crippen molar-refractivity contribution in [3.63, 3.8) is 0 Å². The number of hydrogen-bond donors (Lipinski definition) is 3. The summed E-state index contributed by atoms with van der Waals surface area (Å²) in [6.07, 6.45) is 0. The van der Waals surface area contributed by atoms with E-state index in [1.165, 1.54) is 26.4 Å². The number of hydrogen-bond acceptors (Lipinski definition) is 14. The Morgan fingerprint density at radius 2 is 1.15 bits per heavy atom. The molecule has 0 aliphatic carbocycles. The van der Waals surface area contributed by atoms with Crippen LogP contribution < -0.4 is 35.6 Å². The standard InChI is InChI=1S/C17H15BrN2O7.C17H19BrN2O4.2ClH.H2O.Sn/c1-10-3-4-13(19-22)15(7-10)26-5-6-27-16-9-12(18)11(17(21)25-2)8-14(16)20(23)24;1-10-3-4-13(19)15(7-10)23-5-6-24-16-9-12(18)11(8-14(16)20)17(21)22-2;;;;/h3-4,7-9H,5-6H2,1-2H3;3-4,7-9H,5-6,19-20H2,1-2H3;2*1H;1H2;/q;;;;;+2/p-2. The number of nitro groups is 1. The summed E-state index contributed by atoms with van der Waals surface area (Å²) in [6, 6.07) is 16.1. The number of anilines is 2. The van der Waals surface area contributed by atoms with Gasteiger partial charge in [-0.1, -0.05) is 12.1 Å². The molecule has 4 aromatic rings. The maximum Gasteiger partial charge on any atom is -0.870 e. The van der Waals surface area contributed by atoms with Gasteiger partial charge in [-0.25, -0.2) is 9.59 Å². The molecule has 16 nitrogen and oxygen atoms in total. The Bertz CT molecular complexity index is 1950. The molecule has 0 saturated heterocycles. The zero-order valence-electron chi connectivity index (χ0n) is 29.7. The number of nitrogens with one attached hydrogen (secondary N) is 1. The minimum Gasteiger partial charge on any atom is -0.870 e. The molecule has 6 N–H and O–H groups in total. The molecule has 0 aliphatic heterocycles. The van der Waals surface area contributed by atoms with Gasteiger partial charge in [-0.15, -0.1) is 0 Å². The molecular weight excluding hydrogens is 1010 g/mol. The molecule has 0 amide bonds. The number of carbonyl (C=O) groups is 2. The predicted molar refractivity (Wildman–Crippen MR) is 214 cm³/mol. The molecule has 296 valence electrons. The number of esters is 2. The van der Waals surface area contributed by atoms with Crippen LogP contribution >= 0.6 is 49.7 Å². The second kappa shape index (κ2) is 25.2. The Kier molecular flexibility index (Phi) is 22.4. The molecule has 0 atom stereocenters. The Balaban J connectivity index is 0.000000507. The van der Waals surface area contributed by atoms with Crippen LogP contribution in [0.1, 0.15) is 31.8 Å². The fourth-order valence-corrected chi connectivity index (χ4v) is 5.21. The molecule has 0 bridgehead atoms. The van der Waals surface area contributed by atoms with E-state index in [2.05, 4.69) is 41.3 Å². The van der Waals surface area contributed by atoms with E-state index in [0.29, 0.717) is 49.7 Å². The fraction of sp³-hybridized carbons (Fsp3) is 0.235. The number of ether oxygens (including phenoxy) is 6. The predicted octanol–water partition coefficient (Wildman–Crippen LogP) is 6.38. The topological polar surface area (TPSA) is 246 Å². The SMILES string of the molecule is COC(=O)c1cc(N)c(OCCOc2cc(C)ccc2N)cc1Br.COC(=O)c1cc([N+](=O)[O-])c(OCCOc2cc(C)ccc2[NH+]=O)cc1Br.[Cl][Sn][Cl].[OH-]. The molecule has 0 spiro atoms. The number of methoxy groups -OCH3 is 2. The van der Waals surface area contributed by atoms with Gasteiger partial charge in [0.05, 0.1) is 41.6 Å². The molecule has 0 heterocycles. The summed E-state index contributed by atoms with van der Waals surface area (Å²) in [4.78, 5) is 44.8. The van der Waals surface area contributed by atoms with Crippen molar-refractivity contribution in [2.24, 2.45) is 0 Å². The number of nitroso groups, excluding NO2 is 1. The maximum absolute atomic E-state index is 11.7. The molecule has 0 saturated carbocycles. The zero-order chi connectivity index (χ0) is 40.4. The zero-order valence-corrected chi connectivity index (χ0v) is 37.2. The van der Waals surface area contributed by atoms with Gasteiger partial charge in [0, 0.05) is 37.2 Å². The first-order valence-corrected chi connectivity index (χ1v) is 24.1. The van der Waals surface area contributed by atoms with Gasteiger partial charge in [-0.3, -0.25) is 10.1 Å². The summed E-state index contributed by atoms with van der Waals surface area (Å²) >= 11 is 5.64. The van der Waals surface area contributed by atoms with Crippen molar-refractivity contribution < 1.29 is 53.6 Å². The van der Waals surface area contributed by atoms with E-state index in [1.807, 2.05) is 26.0 Å². The molecule has 2 radical (unpaired) electrons. The first kappa shape index (κ1) is 48.9. The second-order valence-corrected chi connectivity index (χ2v) is 16.5. The van der Waals surface area contributed by atoms with Crippen molar-refractivity contribution in [1.82, 2.24) is 0 Å². The smallest absolute Gasteiger partial charge is 0.870 e. The van der Waals surface area contributed by atoms with E-state index < -0.39 is 35.8 Å². The molecule has 0 aromatic heterocycles. The number of carbonyl (C=O) groups excluding carboxylic acids is 2. The Hall–Kier alpha value is -4.08. The number of nitrogens with two attached hydrogens (primary N) is 2. The Morgan fingerprint density at radius 3 is 1.64 bits per heavy atom. The van der Waals surface area contributed by atoms with Gasteiger partial charge in [0.1, 0.15) is 37.9 Å². The van der Waals surface area contributed by atoms with Crippen LogP contribution in [0.3, 0.4) is 0 Å². The van der Waals surface area contributed by atoms with Crippen molar-refractivity contribution >= 4 is 103 Å². The van der Waals surface area contributed by atoms with E-state index in [9.17, 15) is 24.6 Å². The average molecular weight is 1040 g/mol. The van der Waals surface area contributed by atoms with Gasteiger partial charge in [0.25, 0.3) is 5.69 Å². The minimum absolute atomic E-state index is 0. The van der Waals surface area contributed by atoms with Gasteiger partial charge in [-0.05, 0) is 87.2 Å². The second-order valence-electron chi connectivity index (χ2n) is 10.5. The van der Waals surface area contributed by atoms with Gasteiger partial charge in [-0.2, -0.15) is 0 Å². The largest absolute Gasteiger partial charge is 0.870 e. The number of benzene rings is 4. The van der Waals surface area contributed by atoms with E-state index in [4.69, 9.17) is 48.3 Å². The summed E-state index contributed by atoms with van der Waals surface area (Å²) < 4.78 is 32.3. The minimum atomic E-state index is -0.826. The molecule has 0 aliphatic rings. The van der Waals surface area contributed by atoms with Crippen LogP contribution in [0.4, 0.5) is 22.7 Å². The van der Waals surface area contributed by atoms with Crippen LogP contribution in [0.25, 0.3) is 0 Å². The monoisotopic (exact) mass is 1040 g/mol. The van der Waals surface area contributed by atoms with Crippen molar-refractivity contribution in [3.05, 3.63) is 107 Å². The Labute approximate surface area is 350 Å². The number of aryl methyl sites for hydroxylation is 2. The summed E-state index contributed by atoms with van der Waals surface area (Å²) in [5.41, 5.74) is 14.9. The van der Waals surface area contributed by atoms with Crippen LogP contribution in [0.5, 0.6) is 23.0 Å². The summed E-state index contributed by atoms with van der Waals surface area (Å²) in [6.45, 7) is 4.43. The molecule has 21 heteroatoms. The van der Waals surface area contributed by atoms with Gasteiger partial charge < -0.3 is 45.4 Å². The number of nitrogens with zero attached hydrogens (tertiary/aromatic N) is 1. The van der Waals surface area contributed by atoms with E-state index in [0.717, 1.165) is 17.2 Å². The number of halogens is 4. The van der Waals surface area contributed by atoms with Crippen LogP contribution in [0.15, 0.2) is 69.6 Å².